The van der Waals surface area contributed by atoms with Crippen molar-refractivity contribution in [3.05, 3.63) is 53.4 Å². The number of alkyl halides is 3. The maximum absolute atomic E-state index is 15.0. The number of nitrogens with one attached hydrogen (secondary N) is 1. The summed E-state index contributed by atoms with van der Waals surface area (Å²) in [7, 11) is 0. The average molecular weight is 469 g/mol. The van der Waals surface area contributed by atoms with E-state index in [0.29, 0.717) is 5.75 Å². The Morgan fingerprint density at radius 2 is 2.16 bits per heavy atom. The van der Waals surface area contributed by atoms with E-state index in [-0.39, 0.29) is 41.1 Å². The first-order valence-corrected chi connectivity index (χ1v) is 10.7. The second kappa shape index (κ2) is 9.02. The monoisotopic (exact) mass is 469 g/mol. The fourth-order valence-electron chi connectivity index (χ4n) is 3.89. The first-order chi connectivity index (χ1) is 15.3. The van der Waals surface area contributed by atoms with Crippen LogP contribution in [0.15, 0.2) is 35.6 Å². The summed E-state index contributed by atoms with van der Waals surface area (Å²) in [4.78, 5) is 24.2. The van der Waals surface area contributed by atoms with Crippen LogP contribution in [0.3, 0.4) is 0 Å². The van der Waals surface area contributed by atoms with Crippen LogP contribution in [0.5, 0.6) is 0 Å². The molecule has 0 spiro atoms. The second-order valence-corrected chi connectivity index (χ2v) is 8.51. The number of rotatable bonds is 5. The topological polar surface area (TPSA) is 102 Å². The molecule has 3 heterocycles. The fraction of sp³-hybridized carbons (Fsp3) is 0.400. The summed E-state index contributed by atoms with van der Waals surface area (Å²) in [5.41, 5.74) is 4.48. The molecule has 0 unspecified atom stereocenters. The highest BCUT2D eigenvalue weighted by molar-refractivity contribution is 8.13. The third-order valence-corrected chi connectivity index (χ3v) is 6.44. The summed E-state index contributed by atoms with van der Waals surface area (Å²) in [6.45, 7) is -0.553. The number of amidine groups is 1. The Labute approximate surface area is 184 Å². The van der Waals surface area contributed by atoms with Gasteiger partial charge in [0.1, 0.15) is 23.9 Å². The zero-order valence-corrected chi connectivity index (χ0v) is 17.4. The number of nitrogens with two attached hydrogens (primary N) is 1. The lowest BCUT2D eigenvalue weighted by molar-refractivity contribution is -0.0620. The third-order valence-electron chi connectivity index (χ3n) is 5.48. The van der Waals surface area contributed by atoms with Gasteiger partial charge in [-0.3, -0.25) is 14.8 Å². The van der Waals surface area contributed by atoms with E-state index < -0.39 is 42.2 Å². The minimum Gasteiger partial charge on any atom is -0.379 e. The minimum absolute atomic E-state index is 0.102. The number of ether oxygens (including phenoxy) is 1. The van der Waals surface area contributed by atoms with Crippen LogP contribution in [0.1, 0.15) is 34.6 Å². The van der Waals surface area contributed by atoms with Gasteiger partial charge in [0.15, 0.2) is 5.17 Å². The molecule has 7 nitrogen and oxygen atoms in total. The molecule has 1 aromatic carbocycles. The molecule has 0 aliphatic carbocycles. The first kappa shape index (κ1) is 22.5. The van der Waals surface area contributed by atoms with Gasteiger partial charge in [0, 0.05) is 29.3 Å². The maximum Gasteiger partial charge on any atom is 0.281 e. The minimum atomic E-state index is -2.80. The van der Waals surface area contributed by atoms with Crippen LogP contribution in [0, 0.1) is 11.7 Å². The van der Waals surface area contributed by atoms with Gasteiger partial charge in [-0.2, -0.15) is 0 Å². The van der Waals surface area contributed by atoms with E-state index in [2.05, 4.69) is 20.3 Å². The molecule has 2 aromatic rings. The molecule has 170 valence electrons. The largest absolute Gasteiger partial charge is 0.379 e. The maximum atomic E-state index is 15.0. The van der Waals surface area contributed by atoms with Gasteiger partial charge in [0.2, 0.25) is 0 Å². The lowest BCUT2D eigenvalue weighted by Crippen LogP contribution is -2.50. The van der Waals surface area contributed by atoms with E-state index in [9.17, 15) is 18.0 Å². The van der Waals surface area contributed by atoms with E-state index in [0.717, 1.165) is 12.4 Å². The molecule has 1 amide bonds. The average Bonchev–Trinajstić information content (AvgIpc) is 2.79. The summed E-state index contributed by atoms with van der Waals surface area (Å²) in [6, 6.07) is 3.95. The zero-order chi connectivity index (χ0) is 22.9. The molecule has 0 saturated carbocycles. The number of halogens is 4. The van der Waals surface area contributed by atoms with Gasteiger partial charge in [-0.1, -0.05) is 11.8 Å². The lowest BCUT2D eigenvalue weighted by Gasteiger charge is -2.46. The van der Waals surface area contributed by atoms with Crippen molar-refractivity contribution in [3.63, 3.8) is 0 Å². The summed E-state index contributed by atoms with van der Waals surface area (Å²) in [5, 5.41) is 2.82. The standard InChI is InChI=1S/C20H19F4N5O2S/c21-5-12-4-20(10(8-31-12)9-32-19(25)29-20)13-3-11(1-2-14(13)22)28-18(30)16-7-26-15(6-27-16)17(23)24/h1-3,6-7,10,12,17H,4-5,8-9H2,(H2,25,29)(H,28,30)/t10-,12+,20-/m0/s1. The van der Waals surface area contributed by atoms with Gasteiger partial charge < -0.3 is 15.8 Å². The van der Waals surface area contributed by atoms with E-state index in [1.807, 2.05) is 0 Å². The van der Waals surface area contributed by atoms with Crippen molar-refractivity contribution in [2.45, 2.75) is 24.5 Å². The Hall–Kier alpha value is -2.73. The number of nitrogens with zero attached hydrogens (tertiary/aromatic N) is 3. The summed E-state index contributed by atoms with van der Waals surface area (Å²) in [5.74, 6) is -0.996. The van der Waals surface area contributed by atoms with Crippen LogP contribution in [0.25, 0.3) is 0 Å². The van der Waals surface area contributed by atoms with E-state index >= 15 is 4.39 Å². The molecule has 1 saturated heterocycles. The molecule has 12 heteroatoms. The first-order valence-electron chi connectivity index (χ1n) is 9.69. The van der Waals surface area contributed by atoms with Gasteiger partial charge in [-0.25, -0.2) is 22.5 Å². The van der Waals surface area contributed by atoms with Crippen LogP contribution in [0.4, 0.5) is 23.2 Å². The highest BCUT2D eigenvalue weighted by Crippen LogP contribution is 2.48. The summed E-state index contributed by atoms with van der Waals surface area (Å²) in [6.07, 6.45) is -1.71. The van der Waals surface area contributed by atoms with Gasteiger partial charge in [0.25, 0.3) is 12.3 Å². The Morgan fingerprint density at radius 3 is 2.84 bits per heavy atom. The van der Waals surface area contributed by atoms with E-state index in [1.165, 1.54) is 30.0 Å². The van der Waals surface area contributed by atoms with Gasteiger partial charge in [-0.15, -0.1) is 0 Å². The van der Waals surface area contributed by atoms with Crippen LogP contribution in [-0.4, -0.2) is 46.2 Å². The summed E-state index contributed by atoms with van der Waals surface area (Å²) >= 11 is 1.32. The van der Waals surface area contributed by atoms with Crippen LogP contribution in [-0.2, 0) is 10.3 Å². The number of thioether (sulfide) groups is 1. The molecule has 3 N–H and O–H groups in total. The highest BCUT2D eigenvalue weighted by atomic mass is 32.2. The number of aromatic nitrogens is 2. The van der Waals surface area contributed by atoms with Crippen molar-refractivity contribution in [1.82, 2.24) is 9.97 Å². The molecule has 4 rings (SSSR count). The fourth-order valence-corrected chi connectivity index (χ4v) is 4.86. The van der Waals surface area contributed by atoms with Crippen LogP contribution in [0.2, 0.25) is 0 Å². The number of carbonyl (C=O) groups is 1. The normalized spacial score (nSPS) is 25.2. The molecule has 0 radical (unpaired) electrons. The number of aliphatic imine (C=N–C) groups is 1. The van der Waals surface area contributed by atoms with Gasteiger partial charge in [-0.05, 0) is 18.2 Å². The molecule has 2 aliphatic heterocycles. The zero-order valence-electron chi connectivity index (χ0n) is 16.6. The molecule has 32 heavy (non-hydrogen) atoms. The molecule has 2 aliphatic rings. The number of hydrogen-bond donors (Lipinski definition) is 2. The number of fused-ring (bicyclic) bond motifs is 1. The lowest BCUT2D eigenvalue weighted by atomic mass is 9.73. The van der Waals surface area contributed by atoms with Crippen LogP contribution < -0.4 is 11.1 Å². The number of amides is 1. The highest BCUT2D eigenvalue weighted by Gasteiger charge is 2.49. The van der Waals surface area contributed by atoms with Crippen molar-refractivity contribution in [1.29, 1.82) is 0 Å². The third kappa shape index (κ3) is 4.29. The second-order valence-electron chi connectivity index (χ2n) is 7.47. The number of hydrogen-bond acceptors (Lipinski definition) is 7. The Balaban J connectivity index is 1.66. The Morgan fingerprint density at radius 1 is 1.34 bits per heavy atom. The van der Waals surface area contributed by atoms with Crippen molar-refractivity contribution in [3.8, 4) is 0 Å². The Kier molecular flexibility index (Phi) is 6.33. The number of carbonyl (C=O) groups excluding carboxylic acids is 1. The summed E-state index contributed by atoms with van der Waals surface area (Å²) < 4.78 is 59.2. The molecule has 1 fully saturated rings. The van der Waals surface area contributed by atoms with Crippen molar-refractivity contribution in [2.75, 3.05) is 24.4 Å². The predicted molar refractivity (Wildman–Crippen MR) is 111 cm³/mol. The number of anilines is 1. The molecule has 0 bridgehead atoms. The van der Waals surface area contributed by atoms with Crippen molar-refractivity contribution >= 4 is 28.5 Å². The van der Waals surface area contributed by atoms with E-state index in [1.54, 1.807) is 0 Å². The molecule has 1 aromatic heterocycles. The van der Waals surface area contributed by atoms with Gasteiger partial charge >= 0.3 is 0 Å². The molecule has 3 atom stereocenters. The smallest absolute Gasteiger partial charge is 0.281 e. The predicted octanol–water partition coefficient (Wildman–Crippen LogP) is 3.44. The van der Waals surface area contributed by atoms with Gasteiger partial charge in [0.05, 0.1) is 30.6 Å². The molecular weight excluding hydrogens is 450 g/mol. The van der Waals surface area contributed by atoms with Crippen LogP contribution >= 0.6 is 11.8 Å². The quantitative estimate of drug-likeness (QED) is 0.651. The number of benzene rings is 1. The van der Waals surface area contributed by atoms with E-state index in [4.69, 9.17) is 10.5 Å². The van der Waals surface area contributed by atoms with Crippen molar-refractivity contribution in [2.24, 2.45) is 16.6 Å². The molecular formula is C20H19F4N5O2S. The Bertz CT molecular complexity index is 1040. The SMILES string of the molecule is NC1=N[C@@]2(c3cc(NC(=O)c4cnc(C(F)F)cn4)ccc3F)C[C@H](CF)OC[C@H]2CS1. The van der Waals surface area contributed by atoms with Crippen molar-refractivity contribution < 1.29 is 27.1 Å².